The van der Waals surface area contributed by atoms with Gasteiger partial charge in [0.2, 0.25) is 0 Å². The van der Waals surface area contributed by atoms with Crippen LogP contribution < -0.4 is 0 Å². The Morgan fingerprint density at radius 3 is 2.22 bits per heavy atom. The van der Waals surface area contributed by atoms with E-state index in [0.29, 0.717) is 6.92 Å². The van der Waals surface area contributed by atoms with Gasteiger partial charge in [-0.05, 0) is 0 Å². The van der Waals surface area contributed by atoms with Gasteiger partial charge in [-0.1, -0.05) is 0 Å². The summed E-state index contributed by atoms with van der Waals surface area (Å²) in [6, 6.07) is 0. The molecule has 0 aromatic rings. The van der Waals surface area contributed by atoms with Crippen LogP contribution in [-0.2, 0) is 9.47 Å². The van der Waals surface area contributed by atoms with Gasteiger partial charge in [0.05, 0.1) is 13.2 Å². The van der Waals surface area contributed by atoms with E-state index in [2.05, 4.69) is 9.47 Å². The van der Waals surface area contributed by atoms with Gasteiger partial charge in [0.1, 0.15) is 0 Å². The minimum Gasteiger partial charge on any atom is -0.382 e. The number of rotatable bonds is 4. The van der Waals surface area contributed by atoms with Crippen molar-refractivity contribution < 1.29 is 18.3 Å². The summed E-state index contributed by atoms with van der Waals surface area (Å²) in [6.45, 7) is 0.825. The SMILES string of the molecule is COCCOC(C)(F)F. The molecule has 0 aliphatic rings. The molecule has 56 valence electrons. The zero-order chi connectivity index (χ0) is 7.33. The van der Waals surface area contributed by atoms with Crippen LogP contribution in [0.5, 0.6) is 0 Å². The zero-order valence-corrected chi connectivity index (χ0v) is 5.49. The van der Waals surface area contributed by atoms with Crippen molar-refractivity contribution in [2.75, 3.05) is 20.3 Å². The van der Waals surface area contributed by atoms with Gasteiger partial charge in [0.25, 0.3) is 0 Å². The summed E-state index contributed by atoms with van der Waals surface area (Å²) < 4.78 is 32.0. The van der Waals surface area contributed by atoms with Crippen LogP contribution in [0.25, 0.3) is 0 Å². The van der Waals surface area contributed by atoms with Gasteiger partial charge in [0.15, 0.2) is 0 Å². The Kier molecular flexibility index (Phi) is 3.65. The molecule has 0 rings (SSSR count). The molecule has 0 radical (unpaired) electrons. The smallest absolute Gasteiger partial charge is 0.353 e. The molecule has 0 atom stereocenters. The maximum atomic E-state index is 11.8. The third-order valence-electron chi connectivity index (χ3n) is 0.643. The molecule has 0 saturated heterocycles. The highest BCUT2D eigenvalue weighted by molar-refractivity contribution is 4.37. The van der Waals surface area contributed by atoms with Gasteiger partial charge in [-0.3, -0.25) is 0 Å². The first-order valence-electron chi connectivity index (χ1n) is 2.57. The Balaban J connectivity index is 3.07. The number of ether oxygens (including phenoxy) is 2. The minimum atomic E-state index is -3.03. The van der Waals surface area contributed by atoms with E-state index in [1.807, 2.05) is 0 Å². The summed E-state index contributed by atoms with van der Waals surface area (Å²) >= 11 is 0. The molecule has 4 heteroatoms. The Bertz CT molecular complexity index is 69.8. The van der Waals surface area contributed by atoms with Crippen LogP contribution in [0, 0.1) is 0 Å². The standard InChI is InChI=1S/C5H10F2O2/c1-5(6,7)9-4-3-8-2/h3-4H2,1-2H3. The average Bonchev–Trinajstić information content (AvgIpc) is 1.63. The largest absolute Gasteiger partial charge is 0.382 e. The van der Waals surface area contributed by atoms with E-state index in [4.69, 9.17) is 0 Å². The molecule has 0 unspecified atom stereocenters. The third kappa shape index (κ3) is 7.78. The van der Waals surface area contributed by atoms with Crippen molar-refractivity contribution in [1.29, 1.82) is 0 Å². The molecule has 0 heterocycles. The molecular formula is C5H10F2O2. The Labute approximate surface area is 52.8 Å². The molecule has 0 aliphatic heterocycles. The molecule has 0 N–H and O–H groups in total. The Morgan fingerprint density at radius 2 is 1.89 bits per heavy atom. The third-order valence-corrected chi connectivity index (χ3v) is 0.643. The monoisotopic (exact) mass is 140 g/mol. The normalized spacial score (nSPS) is 12.0. The van der Waals surface area contributed by atoms with Gasteiger partial charge in [-0.25, -0.2) is 0 Å². The maximum absolute atomic E-state index is 11.8. The van der Waals surface area contributed by atoms with Crippen LogP contribution in [0.4, 0.5) is 8.78 Å². The molecule has 0 saturated carbocycles. The average molecular weight is 140 g/mol. The molecule has 2 nitrogen and oxygen atoms in total. The first kappa shape index (κ1) is 8.78. The van der Waals surface area contributed by atoms with Crippen LogP contribution in [-0.4, -0.2) is 26.4 Å². The molecule has 0 amide bonds. The molecule has 0 aromatic heterocycles. The summed E-state index contributed by atoms with van der Waals surface area (Å²) in [6.07, 6.45) is -3.03. The topological polar surface area (TPSA) is 18.5 Å². The van der Waals surface area contributed by atoms with E-state index in [0.717, 1.165) is 0 Å². The molecule has 0 fully saturated rings. The zero-order valence-electron chi connectivity index (χ0n) is 5.49. The Morgan fingerprint density at radius 1 is 1.33 bits per heavy atom. The highest BCUT2D eigenvalue weighted by Gasteiger charge is 2.20. The van der Waals surface area contributed by atoms with E-state index < -0.39 is 6.11 Å². The second-order valence-corrected chi connectivity index (χ2v) is 1.65. The summed E-state index contributed by atoms with van der Waals surface area (Å²) in [5.41, 5.74) is 0. The van der Waals surface area contributed by atoms with E-state index in [1.165, 1.54) is 7.11 Å². The van der Waals surface area contributed by atoms with Gasteiger partial charge in [0, 0.05) is 14.0 Å². The summed E-state index contributed by atoms with van der Waals surface area (Å²) in [4.78, 5) is 0. The number of alkyl halides is 2. The fraction of sp³-hybridized carbons (Fsp3) is 1.00. The fourth-order valence-corrected chi connectivity index (χ4v) is 0.304. The van der Waals surface area contributed by atoms with Crippen molar-refractivity contribution in [1.82, 2.24) is 0 Å². The van der Waals surface area contributed by atoms with Crippen molar-refractivity contribution in [3.8, 4) is 0 Å². The van der Waals surface area contributed by atoms with Gasteiger partial charge < -0.3 is 9.47 Å². The lowest BCUT2D eigenvalue weighted by atomic mass is 10.7. The second kappa shape index (κ2) is 3.74. The predicted octanol–water partition coefficient (Wildman–Crippen LogP) is 1.26. The molecular weight excluding hydrogens is 130 g/mol. The van der Waals surface area contributed by atoms with Gasteiger partial charge in [-0.15, -0.1) is 0 Å². The van der Waals surface area contributed by atoms with Crippen molar-refractivity contribution in [3.63, 3.8) is 0 Å². The van der Waals surface area contributed by atoms with E-state index >= 15 is 0 Å². The van der Waals surface area contributed by atoms with Crippen LogP contribution >= 0.6 is 0 Å². The molecule has 0 spiro atoms. The fourth-order valence-electron chi connectivity index (χ4n) is 0.304. The summed E-state index contributed by atoms with van der Waals surface area (Å²) in [5, 5.41) is 0. The van der Waals surface area contributed by atoms with E-state index in [1.54, 1.807) is 0 Å². The lowest BCUT2D eigenvalue weighted by Gasteiger charge is -2.09. The van der Waals surface area contributed by atoms with Crippen molar-refractivity contribution in [3.05, 3.63) is 0 Å². The predicted molar refractivity (Wildman–Crippen MR) is 28.4 cm³/mol. The summed E-state index contributed by atoms with van der Waals surface area (Å²) in [5.74, 6) is 0. The first-order valence-corrected chi connectivity index (χ1v) is 2.57. The molecule has 0 aliphatic carbocycles. The molecule has 9 heavy (non-hydrogen) atoms. The van der Waals surface area contributed by atoms with Gasteiger partial charge >= 0.3 is 6.11 Å². The molecule has 0 aromatic carbocycles. The maximum Gasteiger partial charge on any atom is 0.353 e. The van der Waals surface area contributed by atoms with Crippen molar-refractivity contribution in [2.24, 2.45) is 0 Å². The molecule has 0 bridgehead atoms. The number of methoxy groups -OCH3 is 1. The lowest BCUT2D eigenvalue weighted by Crippen LogP contribution is -2.18. The lowest BCUT2D eigenvalue weighted by molar-refractivity contribution is -0.228. The van der Waals surface area contributed by atoms with Crippen molar-refractivity contribution >= 4 is 0 Å². The number of hydrogen-bond donors (Lipinski definition) is 0. The van der Waals surface area contributed by atoms with Gasteiger partial charge in [-0.2, -0.15) is 8.78 Å². The van der Waals surface area contributed by atoms with E-state index in [-0.39, 0.29) is 13.2 Å². The quantitative estimate of drug-likeness (QED) is 0.547. The Hall–Kier alpha value is -0.220. The van der Waals surface area contributed by atoms with Crippen LogP contribution in [0.3, 0.4) is 0 Å². The summed E-state index contributed by atoms with van der Waals surface area (Å²) in [7, 11) is 1.43. The van der Waals surface area contributed by atoms with Crippen LogP contribution in [0.2, 0.25) is 0 Å². The highest BCUT2D eigenvalue weighted by atomic mass is 19.3. The highest BCUT2D eigenvalue weighted by Crippen LogP contribution is 2.11. The first-order chi connectivity index (χ1) is 4.06. The van der Waals surface area contributed by atoms with E-state index in [9.17, 15) is 8.78 Å². The van der Waals surface area contributed by atoms with Crippen molar-refractivity contribution in [2.45, 2.75) is 13.0 Å². The van der Waals surface area contributed by atoms with Crippen LogP contribution in [0.1, 0.15) is 6.92 Å². The second-order valence-electron chi connectivity index (χ2n) is 1.65. The number of halogens is 2. The number of hydrogen-bond acceptors (Lipinski definition) is 2. The minimum absolute atomic E-state index is 0.0694. The van der Waals surface area contributed by atoms with Crippen LogP contribution in [0.15, 0.2) is 0 Å².